The summed E-state index contributed by atoms with van der Waals surface area (Å²) in [5.74, 6) is -0.0730. The number of nitrogens with one attached hydrogen (secondary N) is 1. The highest BCUT2D eigenvalue weighted by atomic mass is 32.2. The number of benzene rings is 3. The van der Waals surface area contributed by atoms with Gasteiger partial charge in [-0.25, -0.2) is 0 Å². The third-order valence-corrected chi connectivity index (χ3v) is 7.75. The molecule has 3 aromatic rings. The smallest absolute Gasteiger partial charge is 0.221 e. The van der Waals surface area contributed by atoms with Gasteiger partial charge in [-0.2, -0.15) is 0 Å². The lowest BCUT2D eigenvalue weighted by molar-refractivity contribution is -0.118. The molecule has 0 aliphatic rings. The molecule has 154 valence electrons. The molecule has 0 unspecified atom stereocenters. The van der Waals surface area contributed by atoms with E-state index < -0.39 is 0 Å². The first kappa shape index (κ1) is 22.6. The number of rotatable bonds is 7. The molecule has 0 fully saturated rings. The fourth-order valence-electron chi connectivity index (χ4n) is 2.54. The molecular formula is C25H25NOS3. The summed E-state index contributed by atoms with van der Waals surface area (Å²) in [5, 5.41) is 3.92. The first-order chi connectivity index (χ1) is 14.4. The second-order valence-corrected chi connectivity index (χ2v) is 10.6. The van der Waals surface area contributed by atoms with Crippen molar-refractivity contribution in [3.8, 4) is 0 Å². The molecule has 1 amide bonds. The van der Waals surface area contributed by atoms with Crippen molar-refractivity contribution in [2.24, 2.45) is 0 Å². The van der Waals surface area contributed by atoms with Crippen LogP contribution in [0.15, 0.2) is 96.7 Å². The zero-order valence-electron chi connectivity index (χ0n) is 17.6. The number of hydrogen-bond acceptors (Lipinski definition) is 4. The molecule has 0 spiro atoms. The predicted molar refractivity (Wildman–Crippen MR) is 132 cm³/mol. The number of carbonyl (C=O) groups excluding carboxylic acids is 1. The van der Waals surface area contributed by atoms with Crippen molar-refractivity contribution in [1.29, 1.82) is 0 Å². The Morgan fingerprint density at radius 3 is 1.27 bits per heavy atom. The van der Waals surface area contributed by atoms with E-state index in [2.05, 4.69) is 98.9 Å². The Hall–Kier alpha value is -2.08. The van der Waals surface area contributed by atoms with Crippen LogP contribution in [0.2, 0.25) is 0 Å². The molecule has 0 saturated heterocycles. The summed E-state index contributed by atoms with van der Waals surface area (Å²) in [6.07, 6.45) is 0. The minimum Gasteiger partial charge on any atom is -0.319 e. The normalized spacial score (nSPS) is 10.5. The van der Waals surface area contributed by atoms with Gasteiger partial charge in [0.15, 0.2) is 0 Å². The SMILES string of the molecule is CC(=O)NC(Sc1ccc(C)cc1)=C(Sc1ccc(C)cc1)Sc1ccc(C)cc1. The zero-order valence-corrected chi connectivity index (χ0v) is 20.0. The molecule has 0 aliphatic carbocycles. The summed E-state index contributed by atoms with van der Waals surface area (Å²) < 4.78 is 1.04. The fourth-order valence-corrected chi connectivity index (χ4v) is 5.83. The molecule has 3 rings (SSSR count). The Morgan fingerprint density at radius 2 is 0.933 bits per heavy atom. The van der Waals surface area contributed by atoms with Gasteiger partial charge in [0.1, 0.15) is 5.03 Å². The van der Waals surface area contributed by atoms with E-state index in [1.54, 1.807) is 42.2 Å². The summed E-state index contributed by atoms with van der Waals surface area (Å²) in [6, 6.07) is 25.3. The van der Waals surface area contributed by atoms with Gasteiger partial charge >= 0.3 is 0 Å². The van der Waals surface area contributed by atoms with E-state index in [4.69, 9.17) is 0 Å². The van der Waals surface area contributed by atoms with E-state index in [1.807, 2.05) is 0 Å². The summed E-state index contributed by atoms with van der Waals surface area (Å²) in [4.78, 5) is 15.4. The van der Waals surface area contributed by atoms with E-state index in [9.17, 15) is 4.79 Å². The van der Waals surface area contributed by atoms with Crippen LogP contribution in [-0.2, 0) is 4.79 Å². The van der Waals surface area contributed by atoms with Crippen LogP contribution in [-0.4, -0.2) is 5.91 Å². The van der Waals surface area contributed by atoms with Gasteiger partial charge < -0.3 is 5.32 Å². The maximum absolute atomic E-state index is 12.0. The molecule has 0 saturated carbocycles. The highest BCUT2D eigenvalue weighted by Crippen LogP contribution is 2.44. The highest BCUT2D eigenvalue weighted by Gasteiger charge is 2.15. The van der Waals surface area contributed by atoms with E-state index in [0.29, 0.717) is 0 Å². The molecule has 2 nitrogen and oxygen atoms in total. The largest absolute Gasteiger partial charge is 0.319 e. The number of thioether (sulfide) groups is 3. The van der Waals surface area contributed by atoms with E-state index in [1.165, 1.54) is 16.7 Å². The average Bonchev–Trinajstić information content (AvgIpc) is 2.71. The number of amides is 1. The summed E-state index contributed by atoms with van der Waals surface area (Å²) in [7, 11) is 0. The van der Waals surface area contributed by atoms with Crippen LogP contribution in [0.4, 0.5) is 0 Å². The number of aryl methyl sites for hydroxylation is 3. The lowest BCUT2D eigenvalue weighted by Gasteiger charge is -2.15. The standard InChI is InChI=1S/C25H25NOS3/c1-17-5-11-21(12-6-17)28-24(26-20(4)27)25(29-22-13-7-18(2)8-14-22)30-23-15-9-19(3)10-16-23/h5-16H,1-4H3,(H,26,27). The summed E-state index contributed by atoms with van der Waals surface area (Å²) in [6.45, 7) is 7.80. The van der Waals surface area contributed by atoms with Crippen LogP contribution < -0.4 is 5.32 Å². The molecule has 0 heterocycles. The van der Waals surface area contributed by atoms with Crippen LogP contribution >= 0.6 is 35.3 Å². The van der Waals surface area contributed by atoms with Crippen molar-refractivity contribution >= 4 is 41.2 Å². The Bertz CT molecular complexity index is 974. The van der Waals surface area contributed by atoms with Crippen molar-refractivity contribution in [1.82, 2.24) is 5.32 Å². The molecule has 1 N–H and O–H groups in total. The third-order valence-electron chi connectivity index (χ3n) is 4.18. The van der Waals surface area contributed by atoms with Crippen LogP contribution in [0, 0.1) is 20.8 Å². The second kappa shape index (κ2) is 10.8. The zero-order chi connectivity index (χ0) is 21.5. The average molecular weight is 452 g/mol. The summed E-state index contributed by atoms with van der Waals surface area (Å²) in [5.41, 5.74) is 3.67. The Balaban J connectivity index is 2.00. The van der Waals surface area contributed by atoms with Crippen molar-refractivity contribution < 1.29 is 4.79 Å². The molecule has 3 aromatic carbocycles. The molecule has 0 atom stereocenters. The Kier molecular flexibility index (Phi) is 8.14. The Labute approximate surface area is 191 Å². The molecular weight excluding hydrogens is 426 g/mol. The molecule has 0 aromatic heterocycles. The third kappa shape index (κ3) is 7.01. The number of carbonyl (C=O) groups is 1. The van der Waals surface area contributed by atoms with Gasteiger partial charge in [0, 0.05) is 21.6 Å². The lowest BCUT2D eigenvalue weighted by Crippen LogP contribution is -2.18. The monoisotopic (exact) mass is 451 g/mol. The maximum atomic E-state index is 12.0. The van der Waals surface area contributed by atoms with Gasteiger partial charge in [-0.05, 0) is 57.2 Å². The van der Waals surface area contributed by atoms with Gasteiger partial charge in [0.05, 0.1) is 4.24 Å². The fraction of sp³-hybridized carbons (Fsp3) is 0.160. The Morgan fingerprint density at radius 1 is 0.600 bits per heavy atom. The lowest BCUT2D eigenvalue weighted by atomic mass is 10.2. The quantitative estimate of drug-likeness (QED) is 0.375. The van der Waals surface area contributed by atoms with Gasteiger partial charge in [-0.1, -0.05) is 88.4 Å². The van der Waals surface area contributed by atoms with Gasteiger partial charge in [0.2, 0.25) is 5.91 Å². The van der Waals surface area contributed by atoms with Crippen LogP contribution in [0.5, 0.6) is 0 Å². The predicted octanol–water partition coefficient (Wildman–Crippen LogP) is 7.55. The first-order valence-corrected chi connectivity index (χ1v) is 12.1. The molecule has 0 radical (unpaired) electrons. The maximum Gasteiger partial charge on any atom is 0.221 e. The minimum absolute atomic E-state index is 0.0730. The summed E-state index contributed by atoms with van der Waals surface area (Å²) >= 11 is 4.94. The van der Waals surface area contributed by atoms with Crippen molar-refractivity contribution in [3.63, 3.8) is 0 Å². The van der Waals surface area contributed by atoms with Gasteiger partial charge in [-0.15, -0.1) is 0 Å². The molecule has 0 bridgehead atoms. The van der Waals surface area contributed by atoms with Crippen molar-refractivity contribution in [3.05, 3.63) is 98.8 Å². The number of hydrogen-bond donors (Lipinski definition) is 1. The van der Waals surface area contributed by atoms with Crippen molar-refractivity contribution in [2.45, 2.75) is 42.4 Å². The van der Waals surface area contributed by atoms with E-state index >= 15 is 0 Å². The van der Waals surface area contributed by atoms with E-state index in [0.717, 1.165) is 24.0 Å². The van der Waals surface area contributed by atoms with Crippen LogP contribution in [0.25, 0.3) is 0 Å². The molecule has 5 heteroatoms. The van der Waals surface area contributed by atoms with Crippen molar-refractivity contribution in [2.75, 3.05) is 0 Å². The second-order valence-electron chi connectivity index (χ2n) is 7.04. The molecule has 30 heavy (non-hydrogen) atoms. The molecule has 0 aliphatic heterocycles. The van der Waals surface area contributed by atoms with Gasteiger partial charge in [0.25, 0.3) is 0 Å². The van der Waals surface area contributed by atoms with Crippen LogP contribution in [0.1, 0.15) is 23.6 Å². The highest BCUT2D eigenvalue weighted by molar-refractivity contribution is 8.23. The minimum atomic E-state index is -0.0730. The van der Waals surface area contributed by atoms with Gasteiger partial charge in [-0.3, -0.25) is 4.79 Å². The first-order valence-electron chi connectivity index (χ1n) is 9.64. The van der Waals surface area contributed by atoms with E-state index in [-0.39, 0.29) is 5.91 Å². The van der Waals surface area contributed by atoms with Crippen LogP contribution in [0.3, 0.4) is 0 Å². The topological polar surface area (TPSA) is 29.1 Å².